The maximum Gasteiger partial charge on any atom is 0.247 e. The predicted octanol–water partition coefficient (Wildman–Crippen LogP) is 14.2. The number of carboxylic acids is 1. The van der Waals surface area contributed by atoms with Crippen molar-refractivity contribution in [3.05, 3.63) is 257 Å². The number of carbonyl (C=O) groups is 1. The Labute approximate surface area is 415 Å². The zero-order valence-electron chi connectivity index (χ0n) is 38.8. The van der Waals surface area contributed by atoms with E-state index in [9.17, 15) is 4.79 Å². The summed E-state index contributed by atoms with van der Waals surface area (Å²) in [6.07, 6.45) is 15.4. The van der Waals surface area contributed by atoms with Crippen molar-refractivity contribution in [2.75, 3.05) is 0 Å². The molecule has 3 heterocycles. The van der Waals surface area contributed by atoms with Gasteiger partial charge < -0.3 is 14.9 Å². The smallest absolute Gasteiger partial charge is 0.247 e. The topological polar surface area (TPSA) is 76.0 Å². The van der Waals surface area contributed by atoms with Crippen molar-refractivity contribution >= 4 is 5.97 Å². The van der Waals surface area contributed by atoms with Crippen molar-refractivity contribution in [1.82, 2.24) is 15.0 Å². The second-order valence-electron chi connectivity index (χ2n) is 18.0. The van der Waals surface area contributed by atoms with E-state index in [1.54, 1.807) is 12.1 Å². The summed E-state index contributed by atoms with van der Waals surface area (Å²) in [4.78, 5) is 24.2. The van der Waals surface area contributed by atoms with E-state index in [4.69, 9.17) is 10.1 Å². The summed E-state index contributed by atoms with van der Waals surface area (Å²) in [6.45, 7) is 6.24. The van der Waals surface area contributed by atoms with Crippen LogP contribution >= 0.6 is 0 Å². The molecule has 6 aromatic carbocycles. The van der Waals surface area contributed by atoms with Crippen LogP contribution in [0.1, 0.15) is 70.1 Å². The minimum atomic E-state index is -0.930. The number of nitrogens with zero attached hydrogens (tertiary/aromatic N) is 3. The Kier molecular flexibility index (Phi) is 16.9. The number of rotatable bonds is 14. The van der Waals surface area contributed by atoms with Crippen molar-refractivity contribution < 1.29 is 30.0 Å². The van der Waals surface area contributed by atoms with Gasteiger partial charge in [0.25, 0.3) is 0 Å². The fourth-order valence-electron chi connectivity index (χ4n) is 8.22. The van der Waals surface area contributed by atoms with E-state index in [1.807, 2.05) is 61.2 Å². The van der Waals surface area contributed by atoms with E-state index in [-0.39, 0.29) is 31.1 Å². The quantitative estimate of drug-likeness (QED) is 0.110. The zero-order chi connectivity index (χ0) is 46.4. The maximum atomic E-state index is 10.5. The van der Waals surface area contributed by atoms with Crippen LogP contribution in [0.15, 0.2) is 201 Å². The van der Waals surface area contributed by atoms with Crippen LogP contribution in [0, 0.1) is 12.1 Å². The molecule has 0 amide bonds. The number of carboxylic acid groups (broad SMARTS) is 1. The standard InChI is InChI=1S/C51H42N3.C11H13O2.Ir/c1-3-11-43(12-4-1)44-21-23-45(24-22-44)46-25-27-47(28-26-46)50-34-51(48-13-5-2-6-14-48)54-37-49(50)20-19-42-32-40(17-15-38-9-7-29-52-35-38)31-41(33-42)18-16-39-10-8-30-53-36-39;1-11(2,3)9-6-4-8(5-7-9)10(12)13;/h1-13,21-37H,15-20H2;4,6-7H,1-3H3,(H,12,13);/q2*-1;. The van der Waals surface area contributed by atoms with Gasteiger partial charge in [0.1, 0.15) is 0 Å². The molecule has 0 spiro atoms. The fourth-order valence-corrected chi connectivity index (χ4v) is 8.22. The number of aryl methyl sites for hydroxylation is 6. The van der Waals surface area contributed by atoms with Crippen molar-refractivity contribution in [3.63, 3.8) is 0 Å². The predicted molar refractivity (Wildman–Crippen MR) is 273 cm³/mol. The van der Waals surface area contributed by atoms with Crippen LogP contribution in [0.25, 0.3) is 44.6 Å². The Hall–Kier alpha value is -7.11. The molecule has 0 aliphatic heterocycles. The molecule has 0 aliphatic rings. The van der Waals surface area contributed by atoms with Gasteiger partial charge in [-0.05, 0) is 129 Å². The molecule has 9 rings (SSSR count). The molecule has 6 heteroatoms. The summed E-state index contributed by atoms with van der Waals surface area (Å²) in [5, 5.41) is 8.65. The van der Waals surface area contributed by atoms with Gasteiger partial charge in [-0.15, -0.1) is 65.7 Å². The van der Waals surface area contributed by atoms with Gasteiger partial charge in [-0.3, -0.25) is 9.97 Å². The fraction of sp³-hybridized carbons (Fsp3) is 0.161. The molecule has 0 saturated carbocycles. The normalized spacial score (nSPS) is 10.9. The molecule has 341 valence electrons. The first kappa shape index (κ1) is 48.8. The van der Waals surface area contributed by atoms with E-state index in [1.165, 1.54) is 66.8 Å². The van der Waals surface area contributed by atoms with Crippen molar-refractivity contribution in [1.29, 1.82) is 0 Å². The molecule has 0 unspecified atom stereocenters. The summed E-state index contributed by atoms with van der Waals surface area (Å²) < 4.78 is 0. The van der Waals surface area contributed by atoms with Crippen molar-refractivity contribution in [2.24, 2.45) is 0 Å². The third-order valence-electron chi connectivity index (χ3n) is 12.0. The first-order valence-electron chi connectivity index (χ1n) is 23.0. The van der Waals surface area contributed by atoms with Gasteiger partial charge in [-0.2, -0.15) is 0 Å². The average Bonchev–Trinajstić information content (AvgIpc) is 3.38. The van der Waals surface area contributed by atoms with Crippen LogP contribution in [-0.4, -0.2) is 26.0 Å². The Morgan fingerprint density at radius 1 is 0.515 bits per heavy atom. The molecule has 1 radical (unpaired) electrons. The third-order valence-corrected chi connectivity index (χ3v) is 12.0. The molecule has 9 aromatic rings. The van der Waals surface area contributed by atoms with Crippen LogP contribution < -0.4 is 0 Å². The number of aromatic nitrogens is 3. The van der Waals surface area contributed by atoms with Gasteiger partial charge in [0.15, 0.2) is 0 Å². The average molecular weight is 1070 g/mol. The molecule has 68 heavy (non-hydrogen) atoms. The van der Waals surface area contributed by atoms with Gasteiger partial charge in [0, 0.05) is 51.1 Å². The zero-order valence-corrected chi connectivity index (χ0v) is 41.2. The monoisotopic (exact) mass is 1070 g/mol. The van der Waals surface area contributed by atoms with Gasteiger partial charge in [0.2, 0.25) is 5.97 Å². The summed E-state index contributed by atoms with van der Waals surface area (Å²) in [6, 6.07) is 65.6. The van der Waals surface area contributed by atoms with E-state index in [2.05, 4.69) is 170 Å². The summed E-state index contributed by atoms with van der Waals surface area (Å²) in [7, 11) is 0. The number of benzene rings is 6. The number of aromatic carboxylic acids is 1. The van der Waals surface area contributed by atoms with Gasteiger partial charge in [-0.1, -0.05) is 142 Å². The molecule has 1 N–H and O–H groups in total. The molecule has 0 aliphatic carbocycles. The third kappa shape index (κ3) is 13.5. The number of hydrogen-bond donors (Lipinski definition) is 1. The van der Waals surface area contributed by atoms with Crippen LogP contribution in [0.2, 0.25) is 0 Å². The summed E-state index contributed by atoms with van der Waals surface area (Å²) >= 11 is 0. The van der Waals surface area contributed by atoms with E-state index < -0.39 is 5.97 Å². The maximum absolute atomic E-state index is 10.5. The SMILES string of the molecule is CC(C)(C)c1c[c-]c(C(=O)O)cc1.[Ir].[c-]1ccccc1-c1cc(-c2ccc(-c3ccc(-c4ccccc4)cc3)cc2)c(CCc2cc(CCc3cccnc3)cc(CCc3cccnc3)c2)cn1. The summed E-state index contributed by atoms with van der Waals surface area (Å²) in [5.41, 5.74) is 18.4. The van der Waals surface area contributed by atoms with Crippen molar-refractivity contribution in [2.45, 2.75) is 64.7 Å². The van der Waals surface area contributed by atoms with E-state index >= 15 is 0 Å². The Balaban J connectivity index is 0.000000425. The summed E-state index contributed by atoms with van der Waals surface area (Å²) in [5.74, 6) is -0.930. The number of pyridine rings is 3. The van der Waals surface area contributed by atoms with Crippen LogP contribution in [0.5, 0.6) is 0 Å². The Morgan fingerprint density at radius 3 is 1.50 bits per heavy atom. The molecule has 0 atom stereocenters. The Morgan fingerprint density at radius 2 is 1.03 bits per heavy atom. The molecular weight excluding hydrogens is 1010 g/mol. The van der Waals surface area contributed by atoms with Crippen LogP contribution in [-0.2, 0) is 64.0 Å². The second-order valence-corrected chi connectivity index (χ2v) is 18.0. The van der Waals surface area contributed by atoms with Crippen LogP contribution in [0.3, 0.4) is 0 Å². The molecular formula is C62H55IrN3O2-2. The minimum Gasteiger partial charge on any atom is -0.521 e. The first-order chi connectivity index (χ1) is 32.6. The van der Waals surface area contributed by atoms with Crippen molar-refractivity contribution in [3.8, 4) is 44.6 Å². The van der Waals surface area contributed by atoms with E-state index in [0.29, 0.717) is 0 Å². The van der Waals surface area contributed by atoms with Gasteiger partial charge in [0.05, 0.1) is 0 Å². The molecule has 3 aromatic heterocycles. The minimum absolute atomic E-state index is 0. The number of hydrogen-bond acceptors (Lipinski definition) is 4. The molecule has 0 fully saturated rings. The molecule has 0 bridgehead atoms. The second kappa shape index (κ2) is 23.6. The van der Waals surface area contributed by atoms with E-state index in [0.717, 1.165) is 55.3 Å². The molecule has 5 nitrogen and oxygen atoms in total. The van der Waals surface area contributed by atoms with Gasteiger partial charge in [-0.25, -0.2) is 0 Å². The van der Waals surface area contributed by atoms with Gasteiger partial charge >= 0.3 is 0 Å². The first-order valence-corrected chi connectivity index (χ1v) is 23.0. The molecule has 0 saturated heterocycles. The largest absolute Gasteiger partial charge is 0.521 e. The Bertz CT molecular complexity index is 2910. The van der Waals surface area contributed by atoms with Crippen LogP contribution in [0.4, 0.5) is 0 Å².